The Hall–Kier alpha value is -2.49. The standard InChI is InChI=1S/C17H15FN2O/c1-11(21)20-17-16-7-4-13(9-14(16)10-19-17)8-12-2-5-15(18)6-3-12/h2-7,9H,8,10H2,1H3,(H,19,20,21). The SMILES string of the molecule is CC(=O)NC1=NCc2cc(Cc3ccc(F)cc3)ccc21. The molecule has 1 aliphatic heterocycles. The molecular weight excluding hydrogens is 267 g/mol. The third kappa shape index (κ3) is 2.99. The topological polar surface area (TPSA) is 41.5 Å². The molecule has 0 spiro atoms. The fraction of sp³-hybridized carbons (Fsp3) is 0.176. The summed E-state index contributed by atoms with van der Waals surface area (Å²) in [4.78, 5) is 15.5. The Kier molecular flexibility index (Phi) is 3.52. The number of aliphatic imine (C=N–C) groups is 1. The molecule has 0 saturated heterocycles. The van der Waals surface area contributed by atoms with Crippen LogP contribution in [0.1, 0.15) is 29.2 Å². The van der Waals surface area contributed by atoms with E-state index in [2.05, 4.69) is 16.4 Å². The van der Waals surface area contributed by atoms with E-state index in [1.807, 2.05) is 12.1 Å². The monoisotopic (exact) mass is 282 g/mol. The molecule has 0 atom stereocenters. The second kappa shape index (κ2) is 5.48. The van der Waals surface area contributed by atoms with Crippen molar-refractivity contribution in [3.63, 3.8) is 0 Å². The number of carbonyl (C=O) groups is 1. The van der Waals surface area contributed by atoms with Gasteiger partial charge in [-0.1, -0.05) is 30.3 Å². The number of amidine groups is 1. The fourth-order valence-electron chi connectivity index (χ4n) is 2.48. The number of amides is 1. The maximum Gasteiger partial charge on any atom is 0.222 e. The van der Waals surface area contributed by atoms with Gasteiger partial charge in [-0.2, -0.15) is 0 Å². The van der Waals surface area contributed by atoms with Crippen molar-refractivity contribution < 1.29 is 9.18 Å². The highest BCUT2D eigenvalue weighted by Gasteiger charge is 2.16. The number of carbonyl (C=O) groups excluding carboxylic acids is 1. The van der Waals surface area contributed by atoms with E-state index in [0.29, 0.717) is 12.4 Å². The number of benzene rings is 2. The maximum atomic E-state index is 12.9. The Bertz CT molecular complexity index is 720. The highest BCUT2D eigenvalue weighted by molar-refractivity contribution is 6.09. The number of nitrogens with one attached hydrogen (secondary N) is 1. The smallest absolute Gasteiger partial charge is 0.222 e. The molecule has 0 aliphatic carbocycles. The number of fused-ring (bicyclic) bond motifs is 1. The second-order valence-corrected chi connectivity index (χ2v) is 5.14. The third-order valence-corrected chi connectivity index (χ3v) is 3.45. The highest BCUT2D eigenvalue weighted by Crippen LogP contribution is 2.21. The number of rotatable bonds is 2. The Morgan fingerprint density at radius 1 is 1.19 bits per heavy atom. The molecular formula is C17H15FN2O. The van der Waals surface area contributed by atoms with Crippen molar-refractivity contribution in [1.82, 2.24) is 5.32 Å². The van der Waals surface area contributed by atoms with Crippen LogP contribution in [-0.4, -0.2) is 11.7 Å². The summed E-state index contributed by atoms with van der Waals surface area (Å²) in [6, 6.07) is 12.6. The molecule has 3 nitrogen and oxygen atoms in total. The molecule has 21 heavy (non-hydrogen) atoms. The Labute approximate surface area is 122 Å². The number of hydrogen-bond donors (Lipinski definition) is 1. The van der Waals surface area contributed by atoms with Gasteiger partial charge >= 0.3 is 0 Å². The lowest BCUT2D eigenvalue weighted by molar-refractivity contribution is -0.117. The molecule has 4 heteroatoms. The summed E-state index contributed by atoms with van der Waals surface area (Å²) >= 11 is 0. The van der Waals surface area contributed by atoms with E-state index in [1.165, 1.54) is 19.1 Å². The zero-order chi connectivity index (χ0) is 14.8. The van der Waals surface area contributed by atoms with Crippen LogP contribution < -0.4 is 5.32 Å². The van der Waals surface area contributed by atoms with Crippen molar-refractivity contribution in [2.24, 2.45) is 4.99 Å². The minimum atomic E-state index is -0.221. The molecule has 2 aromatic rings. The van der Waals surface area contributed by atoms with Crippen LogP contribution in [0.3, 0.4) is 0 Å². The molecule has 2 aromatic carbocycles. The molecule has 0 saturated carbocycles. The van der Waals surface area contributed by atoms with Crippen molar-refractivity contribution in [3.05, 3.63) is 70.5 Å². The van der Waals surface area contributed by atoms with Crippen LogP contribution in [-0.2, 0) is 17.8 Å². The molecule has 0 radical (unpaired) electrons. The largest absolute Gasteiger partial charge is 0.311 e. The highest BCUT2D eigenvalue weighted by atomic mass is 19.1. The first-order valence-electron chi connectivity index (χ1n) is 6.80. The Morgan fingerprint density at radius 3 is 2.62 bits per heavy atom. The Morgan fingerprint density at radius 2 is 1.90 bits per heavy atom. The van der Waals surface area contributed by atoms with Crippen molar-refractivity contribution in [2.75, 3.05) is 0 Å². The van der Waals surface area contributed by atoms with Crippen molar-refractivity contribution in [1.29, 1.82) is 0 Å². The van der Waals surface area contributed by atoms with E-state index >= 15 is 0 Å². The summed E-state index contributed by atoms with van der Waals surface area (Å²) in [6.07, 6.45) is 0.753. The van der Waals surface area contributed by atoms with Crippen molar-refractivity contribution in [3.8, 4) is 0 Å². The first kappa shape index (κ1) is 13.5. The van der Waals surface area contributed by atoms with Gasteiger partial charge in [0.2, 0.25) is 5.91 Å². The van der Waals surface area contributed by atoms with Gasteiger partial charge < -0.3 is 5.32 Å². The summed E-state index contributed by atoms with van der Waals surface area (Å²) in [6.45, 7) is 2.06. The first-order valence-corrected chi connectivity index (χ1v) is 6.80. The van der Waals surface area contributed by atoms with Crippen LogP contribution in [0.25, 0.3) is 0 Å². The van der Waals surface area contributed by atoms with Crippen LogP contribution in [0.15, 0.2) is 47.5 Å². The van der Waals surface area contributed by atoms with E-state index in [0.717, 1.165) is 28.7 Å². The lowest BCUT2D eigenvalue weighted by Crippen LogP contribution is -2.27. The van der Waals surface area contributed by atoms with Gasteiger partial charge in [0.05, 0.1) is 6.54 Å². The summed E-state index contributed by atoms with van der Waals surface area (Å²) in [5, 5.41) is 2.74. The predicted octanol–water partition coefficient (Wildman–Crippen LogP) is 2.81. The molecule has 1 N–H and O–H groups in total. The predicted molar refractivity (Wildman–Crippen MR) is 79.7 cm³/mol. The van der Waals surface area contributed by atoms with Gasteiger partial charge in [-0.05, 0) is 35.2 Å². The molecule has 106 valence electrons. The fourth-order valence-corrected chi connectivity index (χ4v) is 2.48. The van der Waals surface area contributed by atoms with E-state index in [-0.39, 0.29) is 11.7 Å². The minimum Gasteiger partial charge on any atom is -0.311 e. The first-order chi connectivity index (χ1) is 10.1. The third-order valence-electron chi connectivity index (χ3n) is 3.45. The normalized spacial score (nSPS) is 12.8. The number of hydrogen-bond acceptors (Lipinski definition) is 2. The number of halogens is 1. The molecule has 1 amide bonds. The molecule has 3 rings (SSSR count). The molecule has 0 unspecified atom stereocenters. The van der Waals surface area contributed by atoms with E-state index in [4.69, 9.17) is 0 Å². The van der Waals surface area contributed by atoms with Crippen molar-refractivity contribution >= 4 is 11.7 Å². The second-order valence-electron chi connectivity index (χ2n) is 5.14. The lowest BCUT2D eigenvalue weighted by atomic mass is 10.00. The van der Waals surface area contributed by atoms with Gasteiger partial charge in [0.25, 0.3) is 0 Å². The van der Waals surface area contributed by atoms with Gasteiger partial charge in [-0.15, -0.1) is 0 Å². The number of nitrogens with zero attached hydrogens (tertiary/aromatic N) is 1. The summed E-state index contributed by atoms with van der Waals surface area (Å²) in [7, 11) is 0. The Balaban J connectivity index is 1.79. The van der Waals surface area contributed by atoms with Gasteiger partial charge in [0.1, 0.15) is 11.7 Å². The molecule has 1 aliphatic rings. The van der Waals surface area contributed by atoms with Gasteiger partial charge in [-0.3, -0.25) is 9.79 Å². The van der Waals surface area contributed by atoms with Crippen LogP contribution in [0, 0.1) is 5.82 Å². The molecule has 1 heterocycles. The molecule has 0 aromatic heterocycles. The van der Waals surface area contributed by atoms with Crippen LogP contribution in [0.2, 0.25) is 0 Å². The van der Waals surface area contributed by atoms with E-state index < -0.39 is 0 Å². The summed E-state index contributed by atoms with van der Waals surface area (Å²) < 4.78 is 12.9. The zero-order valence-corrected chi connectivity index (χ0v) is 11.7. The van der Waals surface area contributed by atoms with Crippen molar-refractivity contribution in [2.45, 2.75) is 19.9 Å². The maximum absolute atomic E-state index is 12.9. The average Bonchev–Trinajstić information content (AvgIpc) is 2.83. The zero-order valence-electron chi connectivity index (χ0n) is 11.7. The molecule has 0 bridgehead atoms. The minimum absolute atomic E-state index is 0.114. The van der Waals surface area contributed by atoms with Crippen LogP contribution >= 0.6 is 0 Å². The van der Waals surface area contributed by atoms with Crippen LogP contribution in [0.4, 0.5) is 4.39 Å². The summed E-state index contributed by atoms with van der Waals surface area (Å²) in [5.41, 5.74) is 4.31. The van der Waals surface area contributed by atoms with Gasteiger partial charge in [-0.25, -0.2) is 4.39 Å². The van der Waals surface area contributed by atoms with Gasteiger partial charge in [0.15, 0.2) is 0 Å². The average molecular weight is 282 g/mol. The van der Waals surface area contributed by atoms with E-state index in [1.54, 1.807) is 12.1 Å². The van der Waals surface area contributed by atoms with Gasteiger partial charge in [0, 0.05) is 12.5 Å². The lowest BCUT2D eigenvalue weighted by Gasteiger charge is -2.07. The molecule has 0 fully saturated rings. The quantitative estimate of drug-likeness (QED) is 0.904. The van der Waals surface area contributed by atoms with Crippen LogP contribution in [0.5, 0.6) is 0 Å². The van der Waals surface area contributed by atoms with E-state index in [9.17, 15) is 9.18 Å². The summed E-state index contributed by atoms with van der Waals surface area (Å²) in [5.74, 6) is 0.309.